The number of carbonyl (C=O) groups excluding carboxylic acids is 1. The van der Waals surface area contributed by atoms with Crippen molar-refractivity contribution in [3.63, 3.8) is 0 Å². The molecule has 0 saturated heterocycles. The first-order valence-corrected chi connectivity index (χ1v) is 14.6. The monoisotopic (exact) mass is 564 g/mol. The summed E-state index contributed by atoms with van der Waals surface area (Å²) in [7, 11) is 3.21. The van der Waals surface area contributed by atoms with Crippen molar-refractivity contribution in [2.75, 3.05) is 6.61 Å². The number of carbonyl (C=O) groups is 1. The summed E-state index contributed by atoms with van der Waals surface area (Å²) in [5, 5.41) is 14.4. The van der Waals surface area contributed by atoms with Gasteiger partial charge in [0, 0.05) is 31.5 Å². The molecule has 8 nitrogen and oxygen atoms in total. The third-order valence-corrected chi connectivity index (χ3v) is 8.96. The van der Waals surface area contributed by atoms with Gasteiger partial charge in [-0.1, -0.05) is 85.6 Å². The Morgan fingerprint density at radius 3 is 2.19 bits per heavy atom. The topological polar surface area (TPSA) is 98.3 Å². The number of nitrogens with one attached hydrogen (secondary N) is 1. The number of amides is 1. The highest BCUT2D eigenvalue weighted by Gasteiger charge is 2.33. The number of rotatable bonds is 8. The number of hydrogen-bond donors (Lipinski definition) is 2. The Hall–Kier alpha value is -4.43. The number of nitrogens with zero attached hydrogens (tertiary/aromatic N) is 3. The van der Waals surface area contributed by atoms with Gasteiger partial charge in [0.15, 0.2) is 0 Å². The third-order valence-electron chi connectivity index (χ3n) is 8.96. The normalized spacial score (nSPS) is 15.3. The van der Waals surface area contributed by atoms with Crippen molar-refractivity contribution in [1.29, 1.82) is 0 Å². The molecule has 0 spiro atoms. The Morgan fingerprint density at radius 1 is 0.857 bits per heavy atom. The molecule has 1 aliphatic rings. The van der Waals surface area contributed by atoms with Gasteiger partial charge in [0.05, 0.1) is 24.0 Å². The molecule has 1 fully saturated rings. The Kier molecular flexibility index (Phi) is 7.56. The molecule has 8 heteroatoms. The zero-order chi connectivity index (χ0) is 29.4. The van der Waals surface area contributed by atoms with Crippen LogP contribution in [0.15, 0.2) is 88.5 Å². The van der Waals surface area contributed by atoms with E-state index < -0.39 is 6.04 Å². The van der Waals surface area contributed by atoms with E-state index in [2.05, 4.69) is 5.32 Å². The van der Waals surface area contributed by atoms with Gasteiger partial charge in [0.25, 0.3) is 11.1 Å². The van der Waals surface area contributed by atoms with Crippen molar-refractivity contribution in [2.45, 2.75) is 44.2 Å². The molecular formula is C34H36N4O4. The molecule has 2 N–H and O–H groups in total. The second kappa shape index (κ2) is 11.4. The highest BCUT2D eigenvalue weighted by Crippen LogP contribution is 2.38. The molecule has 1 saturated carbocycles. The SMILES string of the molecule is Cn1c(=O)c2c3ccccc3n(Cc3ccc([C@@H](C(=O)N[C@@H](CO)c4ccccc4)C4CCCC4)cc3)c2c(=O)n1C. The highest BCUT2D eigenvalue weighted by molar-refractivity contribution is 6.07. The van der Waals surface area contributed by atoms with Crippen LogP contribution in [0.4, 0.5) is 0 Å². The van der Waals surface area contributed by atoms with Crippen LogP contribution in [-0.2, 0) is 25.4 Å². The summed E-state index contributed by atoms with van der Waals surface area (Å²) in [6.07, 6.45) is 4.21. The van der Waals surface area contributed by atoms with Gasteiger partial charge in [-0.15, -0.1) is 0 Å². The van der Waals surface area contributed by atoms with Crippen LogP contribution in [0.3, 0.4) is 0 Å². The molecule has 0 aliphatic heterocycles. The summed E-state index contributed by atoms with van der Waals surface area (Å²) >= 11 is 0. The van der Waals surface area contributed by atoms with E-state index in [0.29, 0.717) is 17.4 Å². The average molecular weight is 565 g/mol. The minimum Gasteiger partial charge on any atom is -0.394 e. The lowest BCUT2D eigenvalue weighted by Crippen LogP contribution is -2.37. The predicted octanol–water partition coefficient (Wildman–Crippen LogP) is 4.36. The van der Waals surface area contributed by atoms with Gasteiger partial charge in [-0.2, -0.15) is 0 Å². The molecule has 2 atom stereocenters. The summed E-state index contributed by atoms with van der Waals surface area (Å²) in [6, 6.07) is 24.8. The molecule has 1 amide bonds. The fraction of sp³-hybridized carbons (Fsp3) is 0.324. The number of fused-ring (bicyclic) bond motifs is 3. The van der Waals surface area contributed by atoms with E-state index in [4.69, 9.17) is 0 Å². The van der Waals surface area contributed by atoms with Crippen molar-refractivity contribution in [3.8, 4) is 0 Å². The first-order chi connectivity index (χ1) is 20.4. The second-order valence-corrected chi connectivity index (χ2v) is 11.4. The molecule has 6 rings (SSSR count). The van der Waals surface area contributed by atoms with Gasteiger partial charge in [0.1, 0.15) is 5.52 Å². The van der Waals surface area contributed by atoms with Gasteiger partial charge >= 0.3 is 0 Å². The van der Waals surface area contributed by atoms with Crippen LogP contribution in [0, 0.1) is 5.92 Å². The maximum Gasteiger partial charge on any atom is 0.289 e. The maximum atomic E-state index is 13.7. The van der Waals surface area contributed by atoms with Crippen molar-refractivity contribution in [2.24, 2.45) is 20.0 Å². The number of para-hydroxylation sites is 1. The standard InChI is InChI=1S/C34H36N4O4/c1-36-33(41)30-26-14-8-9-15-28(26)38(31(30)34(42)37(36)2)20-22-16-18-25(19-17-22)29(24-12-6-7-13-24)32(40)35-27(21-39)23-10-4-3-5-11-23/h3-5,8-11,14-19,24,27,29,39H,6-7,12-13,20-21H2,1-2H3,(H,35,40)/t27-,29-/m0/s1. The van der Waals surface area contributed by atoms with E-state index >= 15 is 0 Å². The summed E-state index contributed by atoms with van der Waals surface area (Å²) in [5.41, 5.74) is 3.57. The molecule has 2 heterocycles. The van der Waals surface area contributed by atoms with Gasteiger partial charge in [-0.3, -0.25) is 19.1 Å². The van der Waals surface area contributed by atoms with Crippen LogP contribution >= 0.6 is 0 Å². The molecular weight excluding hydrogens is 528 g/mol. The van der Waals surface area contributed by atoms with Gasteiger partial charge in [-0.05, 0) is 41.5 Å². The summed E-state index contributed by atoms with van der Waals surface area (Å²) < 4.78 is 4.63. The zero-order valence-electron chi connectivity index (χ0n) is 24.0. The van der Waals surface area contributed by atoms with Crippen molar-refractivity contribution in [3.05, 3.63) is 116 Å². The number of aliphatic hydroxyl groups excluding tert-OH is 1. The number of aromatic nitrogens is 3. The molecule has 42 heavy (non-hydrogen) atoms. The summed E-state index contributed by atoms with van der Waals surface area (Å²) in [5.74, 6) is -0.148. The van der Waals surface area contributed by atoms with E-state index in [0.717, 1.165) is 53.3 Å². The fourth-order valence-electron chi connectivity index (χ4n) is 6.62. The first-order valence-electron chi connectivity index (χ1n) is 14.6. The largest absolute Gasteiger partial charge is 0.394 e. The highest BCUT2D eigenvalue weighted by atomic mass is 16.3. The lowest BCUT2D eigenvalue weighted by molar-refractivity contribution is -0.124. The van der Waals surface area contributed by atoms with Crippen molar-refractivity contribution in [1.82, 2.24) is 19.2 Å². The van der Waals surface area contributed by atoms with Crippen LogP contribution < -0.4 is 16.4 Å². The van der Waals surface area contributed by atoms with E-state index in [9.17, 15) is 19.5 Å². The first kappa shape index (κ1) is 27.7. The Balaban J connectivity index is 1.34. The molecule has 0 bridgehead atoms. The van der Waals surface area contributed by atoms with Gasteiger partial charge in [0.2, 0.25) is 5.91 Å². The number of aliphatic hydroxyl groups is 1. The minimum atomic E-state index is -0.465. The van der Waals surface area contributed by atoms with E-state index in [-0.39, 0.29) is 35.5 Å². The van der Waals surface area contributed by atoms with Crippen LogP contribution in [0.5, 0.6) is 0 Å². The zero-order valence-corrected chi connectivity index (χ0v) is 24.0. The van der Waals surface area contributed by atoms with Crippen LogP contribution in [-0.4, -0.2) is 31.6 Å². The van der Waals surface area contributed by atoms with Crippen molar-refractivity contribution >= 4 is 27.7 Å². The molecule has 2 aromatic heterocycles. The predicted molar refractivity (Wildman–Crippen MR) is 165 cm³/mol. The fourth-order valence-corrected chi connectivity index (χ4v) is 6.62. The minimum absolute atomic E-state index is 0.0701. The van der Waals surface area contributed by atoms with Crippen LogP contribution in [0.25, 0.3) is 21.8 Å². The van der Waals surface area contributed by atoms with E-state index in [1.807, 2.05) is 83.4 Å². The van der Waals surface area contributed by atoms with E-state index in [1.54, 1.807) is 14.1 Å². The van der Waals surface area contributed by atoms with Crippen molar-refractivity contribution < 1.29 is 9.90 Å². The van der Waals surface area contributed by atoms with Crippen LogP contribution in [0.1, 0.15) is 54.3 Å². The summed E-state index contributed by atoms with van der Waals surface area (Å²) in [4.78, 5) is 40.3. The molecule has 1 aliphatic carbocycles. The van der Waals surface area contributed by atoms with Gasteiger partial charge in [-0.25, -0.2) is 4.68 Å². The maximum absolute atomic E-state index is 13.7. The third kappa shape index (κ3) is 4.86. The number of benzene rings is 3. The Bertz CT molecular complexity index is 1860. The summed E-state index contributed by atoms with van der Waals surface area (Å²) in [6.45, 7) is 0.237. The molecule has 0 unspecified atom stereocenters. The van der Waals surface area contributed by atoms with Crippen LogP contribution in [0.2, 0.25) is 0 Å². The Morgan fingerprint density at radius 2 is 1.50 bits per heavy atom. The second-order valence-electron chi connectivity index (χ2n) is 11.4. The molecule has 5 aromatic rings. The average Bonchev–Trinajstić information content (AvgIpc) is 3.66. The smallest absolute Gasteiger partial charge is 0.289 e. The Labute approximate surface area is 243 Å². The molecule has 0 radical (unpaired) electrons. The quantitative estimate of drug-likeness (QED) is 0.293. The molecule has 3 aromatic carbocycles. The van der Waals surface area contributed by atoms with Gasteiger partial charge < -0.3 is 15.0 Å². The van der Waals surface area contributed by atoms with E-state index in [1.165, 1.54) is 9.36 Å². The number of hydrogen-bond acceptors (Lipinski definition) is 4. The lowest BCUT2D eigenvalue weighted by atomic mass is 9.83. The molecule has 216 valence electrons. The lowest BCUT2D eigenvalue weighted by Gasteiger charge is -2.26.